The van der Waals surface area contributed by atoms with Gasteiger partial charge in [-0.15, -0.1) is 0 Å². The molecular formula is C43H38FN3O2. The monoisotopic (exact) mass is 647 g/mol. The van der Waals surface area contributed by atoms with Crippen molar-refractivity contribution in [2.75, 3.05) is 0 Å². The van der Waals surface area contributed by atoms with Crippen LogP contribution < -0.4 is 5.73 Å². The Balaban J connectivity index is 0.000000466. The number of ether oxygens (including phenoxy) is 1. The second kappa shape index (κ2) is 14.0. The summed E-state index contributed by atoms with van der Waals surface area (Å²) in [4.78, 5) is 10.0. The number of halogens is 1. The fraction of sp³-hybridized carbons (Fsp3) is 0.116. The molecule has 0 fully saturated rings. The molecular weight excluding hydrogens is 609 g/mol. The second-order valence-corrected chi connectivity index (χ2v) is 12.7. The van der Waals surface area contributed by atoms with Crippen molar-refractivity contribution >= 4 is 39.9 Å². The third-order valence-electron chi connectivity index (χ3n) is 8.18. The summed E-state index contributed by atoms with van der Waals surface area (Å²) in [5.74, 6) is -0.299. The van der Waals surface area contributed by atoms with Crippen LogP contribution >= 0.6 is 0 Å². The van der Waals surface area contributed by atoms with Crippen LogP contribution in [0.2, 0.25) is 0 Å². The minimum absolute atomic E-state index is 0.299. The van der Waals surface area contributed by atoms with E-state index in [0.29, 0.717) is 0 Å². The van der Waals surface area contributed by atoms with Gasteiger partial charge in [0.2, 0.25) is 0 Å². The zero-order valence-electron chi connectivity index (χ0n) is 27.8. The first-order chi connectivity index (χ1) is 23.6. The second-order valence-electron chi connectivity index (χ2n) is 12.7. The molecule has 1 amide bonds. The van der Waals surface area contributed by atoms with Crippen LogP contribution in [0.1, 0.15) is 48.7 Å². The summed E-state index contributed by atoms with van der Waals surface area (Å²) in [6, 6.07) is 50.7. The molecule has 49 heavy (non-hydrogen) atoms. The molecule has 1 aromatic heterocycles. The Bertz CT molecular complexity index is 2120. The van der Waals surface area contributed by atoms with Crippen LogP contribution in [0.3, 0.4) is 0 Å². The normalized spacial score (nSPS) is 11.8. The number of carbonyl (C=O) groups is 1. The van der Waals surface area contributed by atoms with E-state index in [1.54, 1.807) is 26.8 Å². The summed E-state index contributed by atoms with van der Waals surface area (Å²) in [7, 11) is 0. The van der Waals surface area contributed by atoms with E-state index in [-0.39, 0.29) is 5.82 Å². The lowest BCUT2D eigenvalue weighted by Crippen LogP contribution is -2.38. The minimum Gasteiger partial charge on any atom is -0.444 e. The topological polar surface area (TPSA) is 70.1 Å². The molecule has 0 atom stereocenters. The SMILES string of the molecule is CC(C)(C)OC(N)=O.Fc1ccc2c(/C=C/c3ccc4ccccc4c3)nn(C(c3ccccc3)(c3ccccc3)c3ccccc3)c2c1. The molecule has 7 rings (SSSR count). The van der Waals surface area contributed by atoms with Crippen molar-refractivity contribution in [1.29, 1.82) is 0 Å². The molecule has 2 N–H and O–H groups in total. The average Bonchev–Trinajstić information content (AvgIpc) is 3.46. The molecule has 0 unspecified atom stereocenters. The molecule has 0 aliphatic heterocycles. The Kier molecular flexibility index (Phi) is 9.40. The first kappa shape index (κ1) is 32.9. The van der Waals surface area contributed by atoms with Crippen molar-refractivity contribution in [3.05, 3.63) is 185 Å². The van der Waals surface area contributed by atoms with Gasteiger partial charge in [-0.05, 0) is 84.1 Å². The van der Waals surface area contributed by atoms with Crippen LogP contribution in [0.5, 0.6) is 0 Å². The maximum absolute atomic E-state index is 15.0. The molecule has 5 nitrogen and oxygen atoms in total. The van der Waals surface area contributed by atoms with Crippen molar-refractivity contribution < 1.29 is 13.9 Å². The highest BCUT2D eigenvalue weighted by Gasteiger charge is 2.40. The van der Waals surface area contributed by atoms with E-state index in [9.17, 15) is 9.18 Å². The zero-order valence-corrected chi connectivity index (χ0v) is 27.8. The number of benzene rings is 6. The van der Waals surface area contributed by atoms with Gasteiger partial charge in [-0.25, -0.2) is 13.9 Å². The molecule has 6 heteroatoms. The Labute approximate surface area is 286 Å². The maximum atomic E-state index is 15.0. The Morgan fingerprint density at radius 2 is 1.20 bits per heavy atom. The first-order valence-electron chi connectivity index (χ1n) is 16.2. The van der Waals surface area contributed by atoms with Crippen molar-refractivity contribution in [1.82, 2.24) is 9.78 Å². The van der Waals surface area contributed by atoms with E-state index < -0.39 is 17.2 Å². The van der Waals surface area contributed by atoms with Gasteiger partial charge >= 0.3 is 6.09 Å². The largest absolute Gasteiger partial charge is 0.444 e. The summed E-state index contributed by atoms with van der Waals surface area (Å²) in [6.07, 6.45) is 3.39. The number of fused-ring (bicyclic) bond motifs is 2. The molecule has 7 aromatic rings. The van der Waals surface area contributed by atoms with Crippen LogP contribution in [0, 0.1) is 5.82 Å². The van der Waals surface area contributed by atoms with Gasteiger partial charge in [0, 0.05) is 5.39 Å². The predicted octanol–water partition coefficient (Wildman–Crippen LogP) is 10.2. The molecule has 0 aliphatic carbocycles. The van der Waals surface area contributed by atoms with Crippen LogP contribution in [0.25, 0.3) is 33.8 Å². The predicted molar refractivity (Wildman–Crippen MR) is 198 cm³/mol. The Hall–Kier alpha value is -6.01. The molecule has 0 saturated heterocycles. The van der Waals surface area contributed by atoms with Crippen molar-refractivity contribution in [2.24, 2.45) is 5.73 Å². The maximum Gasteiger partial charge on any atom is 0.405 e. The number of nitrogens with zero attached hydrogens (tertiary/aromatic N) is 2. The van der Waals surface area contributed by atoms with Gasteiger partial charge < -0.3 is 10.5 Å². The molecule has 244 valence electrons. The van der Waals surface area contributed by atoms with Crippen molar-refractivity contribution in [3.8, 4) is 0 Å². The van der Waals surface area contributed by atoms with E-state index in [2.05, 4.69) is 83.6 Å². The van der Waals surface area contributed by atoms with E-state index >= 15 is 0 Å². The van der Waals surface area contributed by atoms with Gasteiger partial charge in [-0.1, -0.05) is 133 Å². The molecule has 0 aliphatic rings. The Morgan fingerprint density at radius 1 is 0.673 bits per heavy atom. The third-order valence-corrected chi connectivity index (χ3v) is 8.18. The highest BCUT2D eigenvalue weighted by molar-refractivity contribution is 5.92. The molecule has 0 spiro atoms. The van der Waals surface area contributed by atoms with E-state index in [1.807, 2.05) is 77.5 Å². The summed E-state index contributed by atoms with van der Waals surface area (Å²) in [5.41, 5.74) is 9.11. The van der Waals surface area contributed by atoms with Gasteiger partial charge in [-0.3, -0.25) is 0 Å². The molecule has 0 saturated carbocycles. The third kappa shape index (κ3) is 7.14. The van der Waals surface area contributed by atoms with Gasteiger partial charge in [-0.2, -0.15) is 5.10 Å². The fourth-order valence-corrected chi connectivity index (χ4v) is 6.18. The number of primary amides is 1. The van der Waals surface area contributed by atoms with Crippen LogP contribution in [-0.2, 0) is 10.3 Å². The highest BCUT2D eigenvalue weighted by atomic mass is 19.1. The molecule has 1 heterocycles. The number of amides is 1. The summed E-state index contributed by atoms with van der Waals surface area (Å²) in [6.45, 7) is 5.28. The van der Waals surface area contributed by atoms with Gasteiger partial charge in [0.1, 0.15) is 17.0 Å². The fourth-order valence-electron chi connectivity index (χ4n) is 6.18. The quantitative estimate of drug-likeness (QED) is 0.183. The average molecular weight is 648 g/mol. The summed E-state index contributed by atoms with van der Waals surface area (Å²) >= 11 is 0. The number of hydrogen-bond acceptors (Lipinski definition) is 3. The van der Waals surface area contributed by atoms with E-state index in [0.717, 1.165) is 38.9 Å². The molecule has 0 radical (unpaired) electrons. The van der Waals surface area contributed by atoms with Gasteiger partial charge in [0.15, 0.2) is 0 Å². The van der Waals surface area contributed by atoms with E-state index in [4.69, 9.17) is 10.8 Å². The number of nitrogens with two attached hydrogens (primary N) is 1. The van der Waals surface area contributed by atoms with Crippen molar-refractivity contribution in [2.45, 2.75) is 31.9 Å². The van der Waals surface area contributed by atoms with Crippen LogP contribution in [0.15, 0.2) is 152 Å². The number of aromatic nitrogens is 2. The van der Waals surface area contributed by atoms with Crippen molar-refractivity contribution in [3.63, 3.8) is 0 Å². The number of rotatable bonds is 6. The smallest absolute Gasteiger partial charge is 0.405 e. The molecule has 6 aromatic carbocycles. The minimum atomic E-state index is -0.842. The Morgan fingerprint density at radius 3 is 1.71 bits per heavy atom. The van der Waals surface area contributed by atoms with E-state index in [1.165, 1.54) is 16.8 Å². The zero-order chi connectivity index (χ0) is 34.4. The van der Waals surface area contributed by atoms with Gasteiger partial charge in [0.25, 0.3) is 0 Å². The summed E-state index contributed by atoms with van der Waals surface area (Å²) < 4.78 is 21.5. The lowest BCUT2D eigenvalue weighted by atomic mass is 9.77. The standard InChI is InChI=1S/C38H27FN2.C5H11NO2/c39-34-23-24-35-36(25-21-28-20-22-29-12-10-11-13-30(29)26-28)40-41(37(35)27-34)38(31-14-4-1-5-15-31,32-16-6-2-7-17-32)33-18-8-3-9-19-33;1-5(2,3)8-4(6)7/h1-27H;1-3H3,(H2,6,7)/b25-21+;. The first-order valence-corrected chi connectivity index (χ1v) is 16.2. The van der Waals surface area contributed by atoms with Crippen LogP contribution in [-0.4, -0.2) is 21.5 Å². The highest BCUT2D eigenvalue weighted by Crippen LogP contribution is 2.43. The lowest BCUT2D eigenvalue weighted by Gasteiger charge is -2.37. The van der Waals surface area contributed by atoms with Crippen LogP contribution in [0.4, 0.5) is 9.18 Å². The lowest BCUT2D eigenvalue weighted by molar-refractivity contribution is 0.0600. The molecule has 0 bridgehead atoms. The number of carbonyl (C=O) groups excluding carboxylic acids is 1. The number of hydrogen-bond donors (Lipinski definition) is 1. The van der Waals surface area contributed by atoms with Gasteiger partial charge in [0.05, 0.1) is 11.2 Å². The summed E-state index contributed by atoms with van der Waals surface area (Å²) in [5, 5.41) is 8.54.